The van der Waals surface area contributed by atoms with Gasteiger partial charge in [0, 0.05) is 23.4 Å². The molecule has 1 unspecified atom stereocenters. The summed E-state index contributed by atoms with van der Waals surface area (Å²) in [6.07, 6.45) is 3.38. The molecule has 0 spiro atoms. The third kappa shape index (κ3) is 5.52. The Morgan fingerprint density at radius 3 is 2.28 bits per heavy atom. The van der Waals surface area contributed by atoms with Crippen LogP contribution in [0.5, 0.6) is 0 Å². The molecule has 5 heteroatoms. The van der Waals surface area contributed by atoms with Gasteiger partial charge in [0.25, 0.3) is 5.91 Å². The van der Waals surface area contributed by atoms with Crippen molar-refractivity contribution in [3.05, 3.63) is 89.0 Å². The van der Waals surface area contributed by atoms with Crippen LogP contribution in [-0.2, 0) is 17.6 Å². The Morgan fingerprint density at radius 2 is 1.64 bits per heavy atom. The number of ether oxygens (including phenoxy) is 1. The predicted octanol–water partition coefficient (Wildman–Crippen LogP) is 5.83. The predicted molar refractivity (Wildman–Crippen MR) is 147 cm³/mol. The maximum Gasteiger partial charge on any atom is 0.255 e. The first-order chi connectivity index (χ1) is 17.3. The largest absolute Gasteiger partial charge is 0.475 e. The van der Waals surface area contributed by atoms with Gasteiger partial charge >= 0.3 is 0 Å². The number of amides is 1. The zero-order valence-electron chi connectivity index (χ0n) is 21.7. The van der Waals surface area contributed by atoms with Gasteiger partial charge in [0.1, 0.15) is 6.61 Å². The van der Waals surface area contributed by atoms with Crippen molar-refractivity contribution in [2.24, 2.45) is 10.9 Å². The third-order valence-corrected chi connectivity index (χ3v) is 7.00. The molecule has 1 aliphatic heterocycles. The van der Waals surface area contributed by atoms with Crippen LogP contribution in [0.15, 0.2) is 71.7 Å². The number of fused-ring (bicyclic) bond motifs is 1. The second-order valence-electron chi connectivity index (χ2n) is 11.0. The lowest BCUT2D eigenvalue weighted by Gasteiger charge is -2.27. The monoisotopic (exact) mass is 481 g/mol. The van der Waals surface area contributed by atoms with Crippen LogP contribution in [0.4, 0.5) is 5.69 Å². The van der Waals surface area contributed by atoms with E-state index in [4.69, 9.17) is 4.74 Å². The van der Waals surface area contributed by atoms with E-state index in [-0.39, 0.29) is 11.4 Å². The number of hydrogen-bond acceptors (Lipinski definition) is 4. The summed E-state index contributed by atoms with van der Waals surface area (Å²) in [5.41, 5.74) is 7.26. The fourth-order valence-corrected chi connectivity index (χ4v) is 5.14. The molecule has 1 aliphatic carbocycles. The second kappa shape index (κ2) is 9.90. The molecule has 3 aromatic carbocycles. The first kappa shape index (κ1) is 24.3. The van der Waals surface area contributed by atoms with Gasteiger partial charge in [-0.3, -0.25) is 4.79 Å². The van der Waals surface area contributed by atoms with Crippen LogP contribution in [0.3, 0.4) is 0 Å². The zero-order valence-corrected chi connectivity index (χ0v) is 21.7. The number of anilines is 1. The summed E-state index contributed by atoms with van der Waals surface area (Å²) in [6.45, 7) is 5.87. The van der Waals surface area contributed by atoms with Gasteiger partial charge in [-0.05, 0) is 112 Å². The average Bonchev–Trinajstić information content (AvgIpc) is 3.23. The summed E-state index contributed by atoms with van der Waals surface area (Å²) in [5, 5.41) is 3.08. The van der Waals surface area contributed by atoms with Crippen LogP contribution < -0.4 is 5.32 Å². The van der Waals surface area contributed by atoms with Crippen molar-refractivity contribution >= 4 is 17.5 Å². The lowest BCUT2D eigenvalue weighted by atomic mass is 9.83. The normalized spacial score (nSPS) is 18.4. The number of nitrogens with zero attached hydrogens (tertiary/aromatic N) is 2. The van der Waals surface area contributed by atoms with E-state index < -0.39 is 0 Å². The minimum Gasteiger partial charge on any atom is -0.475 e. The van der Waals surface area contributed by atoms with Crippen molar-refractivity contribution in [1.82, 2.24) is 4.90 Å². The van der Waals surface area contributed by atoms with E-state index in [0.29, 0.717) is 24.0 Å². The Bertz CT molecular complexity index is 1270. The summed E-state index contributed by atoms with van der Waals surface area (Å²) in [6, 6.07) is 22.3. The van der Waals surface area contributed by atoms with E-state index in [0.717, 1.165) is 41.8 Å². The Balaban J connectivity index is 1.22. The van der Waals surface area contributed by atoms with Crippen LogP contribution in [0, 0.1) is 5.92 Å². The fraction of sp³-hybridized carbons (Fsp3) is 0.355. The van der Waals surface area contributed by atoms with E-state index in [2.05, 4.69) is 67.4 Å². The molecule has 1 amide bonds. The second-order valence-corrected chi connectivity index (χ2v) is 11.0. The van der Waals surface area contributed by atoms with Crippen LogP contribution in [0.25, 0.3) is 11.1 Å². The molecule has 2 aliphatic rings. The van der Waals surface area contributed by atoms with Crippen LogP contribution >= 0.6 is 0 Å². The number of rotatable bonds is 6. The lowest BCUT2D eigenvalue weighted by molar-refractivity contribution is 0.102. The highest BCUT2D eigenvalue weighted by Crippen LogP contribution is 2.29. The van der Waals surface area contributed by atoms with Gasteiger partial charge in [-0.2, -0.15) is 0 Å². The molecule has 36 heavy (non-hydrogen) atoms. The number of hydrogen-bond donors (Lipinski definition) is 1. The molecule has 5 rings (SSSR count). The Morgan fingerprint density at radius 1 is 0.972 bits per heavy atom. The fourth-order valence-electron chi connectivity index (χ4n) is 5.14. The third-order valence-electron chi connectivity index (χ3n) is 7.00. The molecule has 0 saturated carbocycles. The van der Waals surface area contributed by atoms with Crippen LogP contribution in [-0.4, -0.2) is 49.5 Å². The summed E-state index contributed by atoms with van der Waals surface area (Å²) >= 11 is 0. The van der Waals surface area contributed by atoms with E-state index in [9.17, 15) is 4.79 Å². The van der Waals surface area contributed by atoms with E-state index in [1.807, 2.05) is 42.5 Å². The van der Waals surface area contributed by atoms with Gasteiger partial charge in [-0.1, -0.05) is 30.3 Å². The minimum absolute atomic E-state index is 0.0860. The van der Waals surface area contributed by atoms with Gasteiger partial charge in [-0.25, -0.2) is 4.99 Å². The number of aliphatic imine (C=N–C) groups is 1. The molecule has 0 fully saturated rings. The Labute approximate surface area is 214 Å². The molecular weight excluding hydrogens is 446 g/mol. The SMILES string of the molecule is CN(C)CC1CCc2cc(NC(=O)c3ccc(-c4ccc(C5=NC(C)(C)CO5)cc4)cc3)ccc2C1. The molecule has 0 saturated heterocycles. The maximum atomic E-state index is 12.9. The standard InChI is InChI=1S/C31H35N3O2/c1-31(2)20-36-30(33-31)25-13-9-23(10-14-25)22-7-11-24(12-8-22)29(35)32-28-16-15-26-17-21(19-34(3)4)5-6-27(26)18-28/h7-16,18,21H,5-6,17,19-20H2,1-4H3,(H,32,35). The molecule has 0 bridgehead atoms. The van der Waals surface area contributed by atoms with Crippen molar-refractivity contribution in [2.75, 3.05) is 32.6 Å². The Kier molecular flexibility index (Phi) is 6.67. The number of carbonyl (C=O) groups is 1. The quantitative estimate of drug-likeness (QED) is 0.482. The summed E-state index contributed by atoms with van der Waals surface area (Å²) in [4.78, 5) is 19.8. The van der Waals surface area contributed by atoms with Crippen molar-refractivity contribution in [3.63, 3.8) is 0 Å². The molecule has 1 heterocycles. The highest BCUT2D eigenvalue weighted by Gasteiger charge is 2.27. The molecular formula is C31H35N3O2. The molecule has 1 atom stereocenters. The van der Waals surface area contributed by atoms with E-state index in [1.54, 1.807) is 0 Å². The van der Waals surface area contributed by atoms with Crippen LogP contribution in [0.2, 0.25) is 0 Å². The molecule has 0 radical (unpaired) electrons. The summed E-state index contributed by atoms with van der Waals surface area (Å²) in [7, 11) is 4.28. The number of nitrogens with one attached hydrogen (secondary N) is 1. The van der Waals surface area contributed by atoms with Gasteiger partial charge in [0.15, 0.2) is 0 Å². The summed E-state index contributed by atoms with van der Waals surface area (Å²) < 4.78 is 5.74. The highest BCUT2D eigenvalue weighted by molar-refractivity contribution is 6.04. The molecule has 186 valence electrons. The molecule has 0 aromatic heterocycles. The average molecular weight is 482 g/mol. The topological polar surface area (TPSA) is 53.9 Å². The van der Waals surface area contributed by atoms with Gasteiger partial charge in [-0.15, -0.1) is 0 Å². The van der Waals surface area contributed by atoms with Gasteiger partial charge in [0.05, 0.1) is 5.54 Å². The maximum absolute atomic E-state index is 12.9. The van der Waals surface area contributed by atoms with Gasteiger partial charge in [0.2, 0.25) is 5.90 Å². The minimum atomic E-state index is -0.168. The first-order valence-corrected chi connectivity index (χ1v) is 12.8. The van der Waals surface area contributed by atoms with E-state index in [1.165, 1.54) is 17.5 Å². The number of aryl methyl sites for hydroxylation is 1. The van der Waals surface area contributed by atoms with Gasteiger partial charge < -0.3 is 15.0 Å². The van der Waals surface area contributed by atoms with Crippen molar-refractivity contribution in [1.29, 1.82) is 0 Å². The first-order valence-electron chi connectivity index (χ1n) is 12.8. The Hall–Kier alpha value is -3.44. The molecule has 5 nitrogen and oxygen atoms in total. The van der Waals surface area contributed by atoms with Crippen molar-refractivity contribution in [3.8, 4) is 11.1 Å². The molecule has 1 N–H and O–H groups in total. The smallest absolute Gasteiger partial charge is 0.255 e. The zero-order chi connectivity index (χ0) is 25.3. The van der Waals surface area contributed by atoms with E-state index >= 15 is 0 Å². The molecule has 3 aromatic rings. The number of benzene rings is 3. The lowest BCUT2D eigenvalue weighted by Crippen LogP contribution is -2.26. The summed E-state index contributed by atoms with van der Waals surface area (Å²) in [5.74, 6) is 1.32. The van der Waals surface area contributed by atoms with Crippen molar-refractivity contribution < 1.29 is 9.53 Å². The van der Waals surface area contributed by atoms with Crippen molar-refractivity contribution in [2.45, 2.75) is 38.6 Å². The van der Waals surface area contributed by atoms with Crippen LogP contribution in [0.1, 0.15) is 47.3 Å². The highest BCUT2D eigenvalue weighted by atomic mass is 16.5. The number of carbonyl (C=O) groups excluding carboxylic acids is 1.